The van der Waals surface area contributed by atoms with Gasteiger partial charge in [-0.15, -0.1) is 0 Å². The molecule has 2 aromatic rings. The maximum atomic E-state index is 13.0. The first-order valence-corrected chi connectivity index (χ1v) is 6.41. The fourth-order valence-electron chi connectivity index (χ4n) is 1.96. The van der Waals surface area contributed by atoms with Crippen LogP contribution >= 0.6 is 11.6 Å². The third kappa shape index (κ3) is 2.87. The van der Waals surface area contributed by atoms with Gasteiger partial charge < -0.3 is 9.84 Å². The zero-order valence-corrected chi connectivity index (χ0v) is 12.0. The highest BCUT2D eigenvalue weighted by Crippen LogP contribution is 2.38. The third-order valence-electron chi connectivity index (χ3n) is 3.02. The first kappa shape index (κ1) is 16.2. The second-order valence-corrected chi connectivity index (χ2v) is 4.73. The second kappa shape index (κ2) is 5.88. The summed E-state index contributed by atoms with van der Waals surface area (Å²) in [6.07, 6.45) is -4.68. The van der Waals surface area contributed by atoms with Gasteiger partial charge in [-0.05, 0) is 18.2 Å². The van der Waals surface area contributed by atoms with Gasteiger partial charge in [0.1, 0.15) is 16.5 Å². The molecule has 0 fully saturated rings. The molecule has 2 aromatic carbocycles. The lowest BCUT2D eigenvalue weighted by Gasteiger charge is -2.13. The van der Waals surface area contributed by atoms with Crippen molar-refractivity contribution in [2.24, 2.45) is 0 Å². The number of hydrogen-bond donors (Lipinski definition) is 1. The van der Waals surface area contributed by atoms with Crippen molar-refractivity contribution >= 4 is 17.4 Å². The topological polar surface area (TPSA) is 46.5 Å². The molecule has 0 aliphatic rings. The molecule has 0 aliphatic carbocycles. The van der Waals surface area contributed by atoms with E-state index in [-0.39, 0.29) is 16.3 Å². The smallest absolute Gasteiger partial charge is 0.417 e. The van der Waals surface area contributed by atoms with Gasteiger partial charge in [0.15, 0.2) is 5.78 Å². The number of methoxy groups -OCH3 is 1. The molecule has 0 aliphatic heterocycles. The Morgan fingerprint density at radius 3 is 2.36 bits per heavy atom. The zero-order valence-electron chi connectivity index (χ0n) is 11.2. The lowest BCUT2D eigenvalue weighted by Crippen LogP contribution is -2.13. The Labute approximate surface area is 128 Å². The van der Waals surface area contributed by atoms with Crippen molar-refractivity contribution < 1.29 is 27.8 Å². The first-order chi connectivity index (χ1) is 10.3. The molecule has 0 saturated heterocycles. The summed E-state index contributed by atoms with van der Waals surface area (Å²) in [6.45, 7) is 0. The number of phenolic OH excluding ortho intramolecular Hbond substituents is 1. The summed E-state index contributed by atoms with van der Waals surface area (Å²) in [5.74, 6) is -1.49. The van der Waals surface area contributed by atoms with Gasteiger partial charge in [0.25, 0.3) is 0 Å². The number of aromatic hydroxyl groups is 1. The Morgan fingerprint density at radius 1 is 1.14 bits per heavy atom. The molecule has 0 unspecified atom stereocenters. The van der Waals surface area contributed by atoms with Crippen LogP contribution in [0.1, 0.15) is 21.5 Å². The maximum Gasteiger partial charge on any atom is 0.417 e. The first-order valence-electron chi connectivity index (χ1n) is 6.03. The van der Waals surface area contributed by atoms with Gasteiger partial charge in [-0.2, -0.15) is 13.2 Å². The number of carbonyl (C=O) groups is 1. The summed E-state index contributed by atoms with van der Waals surface area (Å²) in [7, 11) is 1.31. The van der Waals surface area contributed by atoms with E-state index in [2.05, 4.69) is 0 Å². The molecule has 0 saturated carbocycles. The molecular weight excluding hydrogens is 321 g/mol. The quantitative estimate of drug-likeness (QED) is 0.853. The Bertz CT molecular complexity index is 726. The molecule has 116 valence electrons. The maximum absolute atomic E-state index is 13.0. The monoisotopic (exact) mass is 330 g/mol. The van der Waals surface area contributed by atoms with Gasteiger partial charge in [0.2, 0.25) is 0 Å². The fraction of sp³-hybridized carbons (Fsp3) is 0.133. The average molecular weight is 331 g/mol. The van der Waals surface area contributed by atoms with Gasteiger partial charge in [-0.1, -0.05) is 29.8 Å². The third-order valence-corrected chi connectivity index (χ3v) is 3.39. The summed E-state index contributed by atoms with van der Waals surface area (Å²) in [6, 6.07) is 6.80. The van der Waals surface area contributed by atoms with Gasteiger partial charge in [-0.25, -0.2) is 0 Å². The van der Waals surface area contributed by atoms with Crippen LogP contribution in [0.25, 0.3) is 0 Å². The van der Waals surface area contributed by atoms with Crippen LogP contribution in [0.4, 0.5) is 13.2 Å². The van der Waals surface area contributed by atoms with E-state index in [9.17, 15) is 23.1 Å². The number of benzene rings is 2. The van der Waals surface area contributed by atoms with Crippen molar-refractivity contribution in [3.05, 3.63) is 58.1 Å². The van der Waals surface area contributed by atoms with E-state index in [1.807, 2.05) is 0 Å². The van der Waals surface area contributed by atoms with Gasteiger partial charge >= 0.3 is 6.18 Å². The van der Waals surface area contributed by atoms with E-state index in [0.717, 1.165) is 18.2 Å². The minimum atomic E-state index is -4.68. The lowest BCUT2D eigenvalue weighted by atomic mass is 9.97. The summed E-state index contributed by atoms with van der Waals surface area (Å²) in [5.41, 5.74) is -1.97. The Balaban J connectivity index is 2.57. The number of ether oxygens (including phenoxy) is 1. The molecule has 2 rings (SSSR count). The van der Waals surface area contributed by atoms with Crippen LogP contribution in [0.3, 0.4) is 0 Å². The van der Waals surface area contributed by atoms with Crippen LogP contribution in [0.15, 0.2) is 36.4 Å². The van der Waals surface area contributed by atoms with Gasteiger partial charge in [-0.3, -0.25) is 4.79 Å². The predicted octanol–water partition coefficient (Wildman–Crippen LogP) is 4.30. The van der Waals surface area contributed by atoms with E-state index < -0.39 is 28.8 Å². The summed E-state index contributed by atoms with van der Waals surface area (Å²) in [5, 5.41) is 9.68. The number of ketones is 1. The van der Waals surface area contributed by atoms with E-state index in [1.165, 1.54) is 25.3 Å². The highest BCUT2D eigenvalue weighted by Gasteiger charge is 2.35. The number of alkyl halides is 3. The minimum absolute atomic E-state index is 0.111. The Hall–Kier alpha value is -2.21. The molecule has 0 radical (unpaired) electrons. The van der Waals surface area contributed by atoms with E-state index >= 15 is 0 Å². The zero-order chi connectivity index (χ0) is 16.5. The van der Waals surface area contributed by atoms with Crippen molar-refractivity contribution in [1.29, 1.82) is 0 Å². The van der Waals surface area contributed by atoms with Crippen molar-refractivity contribution in [3.63, 3.8) is 0 Å². The SMILES string of the molecule is COc1ccc(C(=O)c2ccccc2C(F)(F)F)c(O)c1Cl. The number of halogens is 4. The van der Waals surface area contributed by atoms with Crippen LogP contribution in [0.5, 0.6) is 11.5 Å². The van der Waals surface area contributed by atoms with Gasteiger partial charge in [0.05, 0.1) is 18.2 Å². The molecule has 0 aromatic heterocycles. The number of rotatable bonds is 3. The molecule has 0 bridgehead atoms. The summed E-state index contributed by atoms with van der Waals surface area (Å²) >= 11 is 5.81. The normalized spacial score (nSPS) is 11.3. The largest absolute Gasteiger partial charge is 0.505 e. The fourth-order valence-corrected chi connectivity index (χ4v) is 2.20. The van der Waals surface area contributed by atoms with Crippen molar-refractivity contribution in [2.75, 3.05) is 7.11 Å². The highest BCUT2D eigenvalue weighted by atomic mass is 35.5. The average Bonchev–Trinajstić information content (AvgIpc) is 2.48. The molecule has 1 N–H and O–H groups in total. The van der Waals surface area contributed by atoms with Crippen LogP contribution in [0, 0.1) is 0 Å². The Morgan fingerprint density at radius 2 is 1.77 bits per heavy atom. The molecule has 22 heavy (non-hydrogen) atoms. The molecule has 0 spiro atoms. The highest BCUT2D eigenvalue weighted by molar-refractivity contribution is 6.34. The van der Waals surface area contributed by atoms with Crippen molar-refractivity contribution in [2.45, 2.75) is 6.18 Å². The molecule has 0 heterocycles. The molecule has 0 amide bonds. The number of hydrogen-bond acceptors (Lipinski definition) is 3. The van der Waals surface area contributed by atoms with E-state index in [0.29, 0.717) is 0 Å². The number of carbonyl (C=O) groups excluding carboxylic acids is 1. The van der Waals surface area contributed by atoms with Crippen molar-refractivity contribution in [3.8, 4) is 11.5 Å². The van der Waals surface area contributed by atoms with E-state index in [1.54, 1.807) is 0 Å². The van der Waals surface area contributed by atoms with Crippen LogP contribution < -0.4 is 4.74 Å². The summed E-state index contributed by atoms with van der Waals surface area (Å²) < 4.78 is 43.7. The Kier molecular flexibility index (Phi) is 4.32. The van der Waals surface area contributed by atoms with Crippen LogP contribution in [-0.2, 0) is 6.18 Å². The summed E-state index contributed by atoms with van der Waals surface area (Å²) in [4.78, 5) is 12.3. The van der Waals surface area contributed by atoms with Crippen LogP contribution in [0.2, 0.25) is 5.02 Å². The lowest BCUT2D eigenvalue weighted by molar-refractivity contribution is -0.137. The standard InChI is InChI=1S/C15H10ClF3O3/c1-22-11-7-6-9(14(21)12(11)16)13(20)8-4-2-3-5-10(8)15(17,18)19/h2-7,21H,1H3. The van der Waals surface area contributed by atoms with Crippen molar-refractivity contribution in [1.82, 2.24) is 0 Å². The predicted molar refractivity (Wildman–Crippen MR) is 74.5 cm³/mol. The minimum Gasteiger partial charge on any atom is -0.505 e. The molecular formula is C15H10ClF3O3. The van der Waals surface area contributed by atoms with Crippen LogP contribution in [-0.4, -0.2) is 18.0 Å². The van der Waals surface area contributed by atoms with Gasteiger partial charge in [0, 0.05) is 5.56 Å². The number of phenols is 1. The second-order valence-electron chi connectivity index (χ2n) is 4.35. The van der Waals surface area contributed by atoms with E-state index in [4.69, 9.17) is 16.3 Å². The molecule has 0 atom stereocenters. The molecule has 3 nitrogen and oxygen atoms in total. The molecule has 7 heteroatoms.